The molecular formula is C17H22N2O. The molecule has 106 valence electrons. The third-order valence-electron chi connectivity index (χ3n) is 3.68. The van der Waals surface area contributed by atoms with Gasteiger partial charge in [0.1, 0.15) is 0 Å². The molecule has 1 atom stereocenters. The highest BCUT2D eigenvalue weighted by molar-refractivity contribution is 5.33. The lowest BCUT2D eigenvalue weighted by Gasteiger charge is -2.25. The summed E-state index contributed by atoms with van der Waals surface area (Å²) in [6.45, 7) is 7.23. The normalized spacial score (nSPS) is 14.0. The van der Waals surface area contributed by atoms with E-state index < -0.39 is 5.60 Å². The molecule has 0 radical (unpaired) electrons. The Morgan fingerprint density at radius 1 is 1.10 bits per heavy atom. The first kappa shape index (κ1) is 14.7. The highest BCUT2D eigenvalue weighted by Gasteiger charge is 2.22. The molecular weight excluding hydrogens is 248 g/mol. The van der Waals surface area contributed by atoms with Crippen LogP contribution in [0.2, 0.25) is 0 Å². The zero-order chi connectivity index (χ0) is 14.6. The van der Waals surface area contributed by atoms with E-state index in [1.54, 1.807) is 12.4 Å². The molecule has 0 saturated carbocycles. The van der Waals surface area contributed by atoms with E-state index >= 15 is 0 Å². The molecule has 1 unspecified atom stereocenters. The second-order valence-electron chi connectivity index (χ2n) is 5.53. The number of aromatic nitrogens is 1. The van der Waals surface area contributed by atoms with E-state index in [4.69, 9.17) is 0 Å². The van der Waals surface area contributed by atoms with E-state index in [2.05, 4.69) is 36.3 Å². The van der Waals surface area contributed by atoms with Crippen LogP contribution in [0.4, 0.5) is 0 Å². The fourth-order valence-electron chi connectivity index (χ4n) is 2.13. The molecule has 0 aliphatic heterocycles. The lowest BCUT2D eigenvalue weighted by atomic mass is 9.93. The van der Waals surface area contributed by atoms with E-state index in [1.807, 2.05) is 25.1 Å². The summed E-state index contributed by atoms with van der Waals surface area (Å²) in [5, 5.41) is 13.9. The van der Waals surface area contributed by atoms with Gasteiger partial charge >= 0.3 is 0 Å². The number of aryl methyl sites for hydroxylation is 2. The third-order valence-corrected chi connectivity index (χ3v) is 3.68. The van der Waals surface area contributed by atoms with Crippen LogP contribution in [0.15, 0.2) is 42.7 Å². The maximum Gasteiger partial charge on any atom is 0.0992 e. The van der Waals surface area contributed by atoms with Gasteiger partial charge < -0.3 is 10.4 Å². The number of pyridine rings is 1. The molecule has 0 aliphatic carbocycles. The summed E-state index contributed by atoms with van der Waals surface area (Å²) in [4.78, 5) is 3.99. The van der Waals surface area contributed by atoms with Crippen molar-refractivity contribution in [1.82, 2.24) is 10.3 Å². The molecule has 20 heavy (non-hydrogen) atoms. The van der Waals surface area contributed by atoms with Gasteiger partial charge in [-0.15, -0.1) is 0 Å². The Bertz CT molecular complexity index is 564. The average Bonchev–Trinajstić information content (AvgIpc) is 2.43. The van der Waals surface area contributed by atoms with Gasteiger partial charge in [-0.3, -0.25) is 4.98 Å². The Labute approximate surface area is 120 Å². The summed E-state index contributed by atoms with van der Waals surface area (Å²) >= 11 is 0. The number of aliphatic hydroxyl groups is 1. The Morgan fingerprint density at radius 3 is 2.45 bits per heavy atom. The van der Waals surface area contributed by atoms with Crippen LogP contribution in [-0.4, -0.2) is 16.6 Å². The van der Waals surface area contributed by atoms with Gasteiger partial charge in [-0.1, -0.05) is 18.2 Å². The quantitative estimate of drug-likeness (QED) is 0.878. The molecule has 1 aromatic carbocycles. The van der Waals surface area contributed by atoms with Crippen molar-refractivity contribution in [3.05, 3.63) is 65.0 Å². The average molecular weight is 270 g/mol. The molecule has 2 N–H and O–H groups in total. The van der Waals surface area contributed by atoms with Crippen LogP contribution >= 0.6 is 0 Å². The Balaban J connectivity index is 1.98. The molecule has 0 spiro atoms. The summed E-state index contributed by atoms with van der Waals surface area (Å²) in [6.07, 6.45) is 3.55. The predicted octanol–water partition coefficient (Wildman–Crippen LogP) is 2.70. The molecule has 1 heterocycles. The van der Waals surface area contributed by atoms with Crippen molar-refractivity contribution in [2.75, 3.05) is 6.54 Å². The Kier molecular flexibility index (Phi) is 4.53. The topological polar surface area (TPSA) is 45.1 Å². The first-order chi connectivity index (χ1) is 9.49. The van der Waals surface area contributed by atoms with E-state index in [9.17, 15) is 5.11 Å². The van der Waals surface area contributed by atoms with Crippen molar-refractivity contribution in [3.8, 4) is 0 Å². The van der Waals surface area contributed by atoms with Gasteiger partial charge in [-0.05, 0) is 55.2 Å². The Hall–Kier alpha value is -1.71. The SMILES string of the molecule is Cc1ccc(C(C)(O)CNCc2ccncc2)cc1C. The number of nitrogens with one attached hydrogen (secondary N) is 1. The minimum atomic E-state index is -0.870. The van der Waals surface area contributed by atoms with Gasteiger partial charge in [-0.25, -0.2) is 0 Å². The van der Waals surface area contributed by atoms with Gasteiger partial charge in [0.2, 0.25) is 0 Å². The van der Waals surface area contributed by atoms with Crippen molar-refractivity contribution < 1.29 is 5.11 Å². The maximum atomic E-state index is 10.6. The van der Waals surface area contributed by atoms with Crippen LogP contribution in [-0.2, 0) is 12.1 Å². The minimum absolute atomic E-state index is 0.512. The van der Waals surface area contributed by atoms with Crippen molar-refractivity contribution in [2.45, 2.75) is 32.9 Å². The fraction of sp³-hybridized carbons (Fsp3) is 0.353. The summed E-state index contributed by atoms with van der Waals surface area (Å²) in [6, 6.07) is 10.1. The number of benzene rings is 1. The van der Waals surface area contributed by atoms with Gasteiger partial charge in [-0.2, -0.15) is 0 Å². The standard InChI is InChI=1S/C17H22N2O/c1-13-4-5-16(10-14(13)2)17(3,20)12-19-11-15-6-8-18-9-7-15/h4-10,19-20H,11-12H2,1-3H3. The first-order valence-electron chi connectivity index (χ1n) is 6.89. The second-order valence-corrected chi connectivity index (χ2v) is 5.53. The van der Waals surface area contributed by atoms with Crippen LogP contribution in [0.3, 0.4) is 0 Å². The molecule has 0 saturated heterocycles. The second kappa shape index (κ2) is 6.16. The zero-order valence-corrected chi connectivity index (χ0v) is 12.4. The van der Waals surface area contributed by atoms with Crippen molar-refractivity contribution in [2.24, 2.45) is 0 Å². The predicted molar refractivity (Wildman–Crippen MR) is 81.4 cm³/mol. The van der Waals surface area contributed by atoms with Crippen LogP contribution in [0, 0.1) is 13.8 Å². The highest BCUT2D eigenvalue weighted by Crippen LogP contribution is 2.22. The molecule has 3 nitrogen and oxygen atoms in total. The van der Waals surface area contributed by atoms with E-state index in [1.165, 1.54) is 11.1 Å². The molecule has 3 heteroatoms. The molecule has 0 amide bonds. The molecule has 1 aromatic heterocycles. The summed E-state index contributed by atoms with van der Waals surface area (Å²) < 4.78 is 0. The smallest absolute Gasteiger partial charge is 0.0992 e. The van der Waals surface area contributed by atoms with Gasteiger partial charge in [0.25, 0.3) is 0 Å². The van der Waals surface area contributed by atoms with E-state index in [-0.39, 0.29) is 0 Å². The summed E-state index contributed by atoms with van der Waals surface area (Å²) in [7, 11) is 0. The third kappa shape index (κ3) is 3.65. The lowest BCUT2D eigenvalue weighted by molar-refractivity contribution is 0.0566. The summed E-state index contributed by atoms with van der Waals surface area (Å²) in [5.41, 5.74) is 3.69. The molecule has 2 rings (SSSR count). The number of hydrogen-bond donors (Lipinski definition) is 2. The Morgan fingerprint density at radius 2 is 1.80 bits per heavy atom. The first-order valence-corrected chi connectivity index (χ1v) is 6.89. The van der Waals surface area contributed by atoms with Crippen LogP contribution < -0.4 is 5.32 Å². The number of hydrogen-bond acceptors (Lipinski definition) is 3. The van der Waals surface area contributed by atoms with Crippen LogP contribution in [0.1, 0.15) is 29.2 Å². The van der Waals surface area contributed by atoms with Gasteiger partial charge in [0.15, 0.2) is 0 Å². The van der Waals surface area contributed by atoms with Gasteiger partial charge in [0.05, 0.1) is 5.60 Å². The monoisotopic (exact) mass is 270 g/mol. The molecule has 0 fully saturated rings. The van der Waals surface area contributed by atoms with Crippen molar-refractivity contribution in [3.63, 3.8) is 0 Å². The number of rotatable bonds is 5. The minimum Gasteiger partial charge on any atom is -0.384 e. The maximum absolute atomic E-state index is 10.6. The molecule has 0 aliphatic rings. The van der Waals surface area contributed by atoms with E-state index in [0.29, 0.717) is 6.54 Å². The van der Waals surface area contributed by atoms with Gasteiger partial charge in [0, 0.05) is 25.5 Å². The fourth-order valence-corrected chi connectivity index (χ4v) is 2.13. The van der Waals surface area contributed by atoms with E-state index in [0.717, 1.165) is 17.7 Å². The zero-order valence-electron chi connectivity index (χ0n) is 12.4. The van der Waals surface area contributed by atoms with Crippen LogP contribution in [0.5, 0.6) is 0 Å². The largest absolute Gasteiger partial charge is 0.384 e. The van der Waals surface area contributed by atoms with Crippen LogP contribution in [0.25, 0.3) is 0 Å². The summed E-state index contributed by atoms with van der Waals surface area (Å²) in [5.74, 6) is 0. The molecule has 0 bridgehead atoms. The van der Waals surface area contributed by atoms with Crippen molar-refractivity contribution in [1.29, 1.82) is 0 Å². The lowest BCUT2D eigenvalue weighted by Crippen LogP contribution is -2.35. The molecule has 2 aromatic rings. The highest BCUT2D eigenvalue weighted by atomic mass is 16.3. The van der Waals surface area contributed by atoms with Crippen molar-refractivity contribution >= 4 is 0 Å². The number of nitrogens with zero attached hydrogens (tertiary/aromatic N) is 1.